The number of hydrogen-bond donors (Lipinski definition) is 1. The van der Waals surface area contributed by atoms with Crippen LogP contribution in [0.25, 0.3) is 11.3 Å². The van der Waals surface area contributed by atoms with Gasteiger partial charge in [-0.25, -0.2) is 9.67 Å². The van der Waals surface area contributed by atoms with E-state index in [0.29, 0.717) is 18.0 Å². The minimum absolute atomic E-state index is 0.0685. The van der Waals surface area contributed by atoms with Crippen LogP contribution in [0.4, 0.5) is 5.13 Å². The highest BCUT2D eigenvalue weighted by atomic mass is 32.1. The first-order valence-corrected chi connectivity index (χ1v) is 8.06. The van der Waals surface area contributed by atoms with E-state index in [9.17, 15) is 4.79 Å². The van der Waals surface area contributed by atoms with Gasteiger partial charge in [-0.3, -0.25) is 4.79 Å². The Morgan fingerprint density at radius 1 is 1.33 bits per heavy atom. The van der Waals surface area contributed by atoms with Crippen LogP contribution < -0.4 is 10.9 Å². The molecular weight excluding hydrogens is 284 g/mol. The van der Waals surface area contributed by atoms with Crippen LogP contribution in [0, 0.1) is 5.92 Å². The first kappa shape index (κ1) is 15.7. The third-order valence-electron chi connectivity index (χ3n) is 3.12. The van der Waals surface area contributed by atoms with Crippen LogP contribution in [-0.2, 0) is 6.54 Å². The number of aromatic nitrogens is 3. The predicted molar refractivity (Wildman–Crippen MR) is 88.1 cm³/mol. The van der Waals surface area contributed by atoms with Gasteiger partial charge in [0.1, 0.15) is 0 Å². The lowest BCUT2D eigenvalue weighted by Crippen LogP contribution is -2.28. The molecule has 0 aromatic carbocycles. The summed E-state index contributed by atoms with van der Waals surface area (Å²) in [5.41, 5.74) is 2.20. The molecular formula is C15H22N4OS. The van der Waals surface area contributed by atoms with Crippen LogP contribution in [0.15, 0.2) is 16.2 Å². The van der Waals surface area contributed by atoms with E-state index in [4.69, 9.17) is 0 Å². The average Bonchev–Trinajstić information content (AvgIpc) is 2.89. The van der Waals surface area contributed by atoms with Gasteiger partial charge < -0.3 is 5.32 Å². The lowest BCUT2D eigenvalue weighted by atomic mass is 10.1. The number of hydrogen-bond acceptors (Lipinski definition) is 5. The highest BCUT2D eigenvalue weighted by Crippen LogP contribution is 2.24. The smallest absolute Gasteiger partial charge is 0.276 e. The molecule has 1 N–H and O–H groups in total. The molecule has 114 valence electrons. The summed E-state index contributed by atoms with van der Waals surface area (Å²) in [4.78, 5) is 17.1. The van der Waals surface area contributed by atoms with Crippen molar-refractivity contribution in [2.45, 2.75) is 40.2 Å². The number of rotatable bonds is 5. The van der Waals surface area contributed by atoms with Gasteiger partial charge in [0.2, 0.25) is 0 Å². The van der Waals surface area contributed by atoms with Crippen LogP contribution in [0.2, 0.25) is 0 Å². The van der Waals surface area contributed by atoms with Crippen LogP contribution in [-0.4, -0.2) is 21.8 Å². The summed E-state index contributed by atoms with van der Waals surface area (Å²) >= 11 is 1.50. The Hall–Kier alpha value is -1.69. The van der Waals surface area contributed by atoms with Gasteiger partial charge in [0.05, 0.1) is 17.0 Å². The molecule has 0 fully saturated rings. The zero-order valence-electron chi connectivity index (χ0n) is 13.2. The molecule has 0 radical (unpaired) electrons. The summed E-state index contributed by atoms with van der Waals surface area (Å²) in [5.74, 6) is 0.638. The molecule has 2 heterocycles. The second-order valence-electron chi connectivity index (χ2n) is 5.81. The summed E-state index contributed by atoms with van der Waals surface area (Å²) in [7, 11) is 1.83. The van der Waals surface area contributed by atoms with Crippen LogP contribution in [0.3, 0.4) is 0 Å². The Morgan fingerprint density at radius 3 is 2.57 bits per heavy atom. The Balaban J connectivity index is 2.58. The van der Waals surface area contributed by atoms with E-state index < -0.39 is 0 Å². The lowest BCUT2D eigenvalue weighted by molar-refractivity contribution is 0.456. The second-order valence-corrected chi connectivity index (χ2v) is 6.66. The summed E-state index contributed by atoms with van der Waals surface area (Å²) in [6, 6.07) is 1.87. The van der Waals surface area contributed by atoms with Gasteiger partial charge in [-0.05, 0) is 17.9 Å². The molecule has 0 amide bonds. The van der Waals surface area contributed by atoms with E-state index in [1.54, 1.807) is 4.68 Å². The van der Waals surface area contributed by atoms with Gasteiger partial charge in [-0.15, -0.1) is 11.3 Å². The molecule has 0 saturated heterocycles. The molecule has 0 bridgehead atoms. The molecule has 21 heavy (non-hydrogen) atoms. The Labute approximate surface area is 129 Å². The quantitative estimate of drug-likeness (QED) is 0.921. The zero-order valence-corrected chi connectivity index (χ0v) is 14.0. The second kappa shape index (κ2) is 6.39. The van der Waals surface area contributed by atoms with Crippen molar-refractivity contribution in [3.63, 3.8) is 0 Å². The SMILES string of the molecule is CNc1nc(-c2cc(C(C)C)nn(CC(C)C)c2=O)cs1. The molecule has 0 saturated carbocycles. The minimum Gasteiger partial charge on any atom is -0.365 e. The average molecular weight is 306 g/mol. The molecule has 0 aliphatic carbocycles. The van der Waals surface area contributed by atoms with Gasteiger partial charge in [0, 0.05) is 19.0 Å². The maximum Gasteiger partial charge on any atom is 0.276 e. The van der Waals surface area contributed by atoms with Crippen molar-refractivity contribution in [3.05, 3.63) is 27.5 Å². The van der Waals surface area contributed by atoms with Crippen molar-refractivity contribution in [2.24, 2.45) is 5.92 Å². The fourth-order valence-corrected chi connectivity index (χ4v) is 2.68. The lowest BCUT2D eigenvalue weighted by Gasteiger charge is -2.13. The highest BCUT2D eigenvalue weighted by Gasteiger charge is 2.15. The molecule has 0 unspecified atom stereocenters. The molecule has 0 atom stereocenters. The van der Waals surface area contributed by atoms with Gasteiger partial charge in [0.25, 0.3) is 5.56 Å². The van der Waals surface area contributed by atoms with Gasteiger partial charge in [-0.1, -0.05) is 27.7 Å². The van der Waals surface area contributed by atoms with E-state index in [2.05, 4.69) is 43.1 Å². The third-order valence-corrected chi connectivity index (χ3v) is 3.98. The largest absolute Gasteiger partial charge is 0.365 e. The van der Waals surface area contributed by atoms with Gasteiger partial charge >= 0.3 is 0 Å². The van der Waals surface area contributed by atoms with Crippen molar-refractivity contribution in [1.29, 1.82) is 0 Å². The maximum atomic E-state index is 12.6. The molecule has 0 aliphatic rings. The van der Waals surface area contributed by atoms with E-state index in [1.807, 2.05) is 18.5 Å². The molecule has 0 aliphatic heterocycles. The van der Waals surface area contributed by atoms with E-state index in [1.165, 1.54) is 11.3 Å². The number of anilines is 1. The standard InChI is InChI=1S/C15H22N4OS/c1-9(2)7-19-14(20)11(6-12(18-19)10(3)4)13-8-21-15(16-5)17-13/h6,8-10H,7H2,1-5H3,(H,16,17). The normalized spacial score (nSPS) is 11.4. The van der Waals surface area contributed by atoms with E-state index in [-0.39, 0.29) is 11.5 Å². The molecule has 2 aromatic heterocycles. The fourth-order valence-electron chi connectivity index (χ4n) is 2.01. The number of nitrogens with one attached hydrogen (secondary N) is 1. The van der Waals surface area contributed by atoms with Gasteiger partial charge in [-0.2, -0.15) is 5.10 Å². The van der Waals surface area contributed by atoms with Crippen LogP contribution in [0.5, 0.6) is 0 Å². The molecule has 0 spiro atoms. The van der Waals surface area contributed by atoms with Gasteiger partial charge in [0.15, 0.2) is 5.13 Å². The summed E-state index contributed by atoms with van der Waals surface area (Å²) in [6.07, 6.45) is 0. The van der Waals surface area contributed by atoms with Crippen molar-refractivity contribution in [1.82, 2.24) is 14.8 Å². The van der Waals surface area contributed by atoms with E-state index in [0.717, 1.165) is 16.5 Å². The summed E-state index contributed by atoms with van der Waals surface area (Å²) in [5, 5.41) is 10.2. The zero-order chi connectivity index (χ0) is 15.6. The summed E-state index contributed by atoms with van der Waals surface area (Å²) < 4.78 is 1.58. The van der Waals surface area contributed by atoms with Crippen molar-refractivity contribution in [3.8, 4) is 11.3 Å². The van der Waals surface area contributed by atoms with Crippen LogP contribution in [0.1, 0.15) is 39.3 Å². The van der Waals surface area contributed by atoms with Crippen LogP contribution >= 0.6 is 11.3 Å². The topological polar surface area (TPSA) is 59.8 Å². The molecule has 2 rings (SSSR count). The fraction of sp³-hybridized carbons (Fsp3) is 0.533. The third kappa shape index (κ3) is 3.50. The van der Waals surface area contributed by atoms with E-state index >= 15 is 0 Å². The first-order chi connectivity index (χ1) is 9.92. The number of thiazole rings is 1. The maximum absolute atomic E-state index is 12.6. The predicted octanol–water partition coefficient (Wildman–Crippen LogP) is 3.19. The summed E-state index contributed by atoms with van der Waals surface area (Å²) in [6.45, 7) is 8.94. The monoisotopic (exact) mass is 306 g/mol. The van der Waals surface area contributed by atoms with Crippen molar-refractivity contribution in [2.75, 3.05) is 12.4 Å². The molecule has 2 aromatic rings. The Bertz CT molecular complexity index is 673. The highest BCUT2D eigenvalue weighted by molar-refractivity contribution is 7.14. The number of nitrogens with zero attached hydrogens (tertiary/aromatic N) is 3. The Kier molecular flexibility index (Phi) is 4.77. The van der Waals surface area contributed by atoms with Crippen molar-refractivity contribution < 1.29 is 0 Å². The first-order valence-electron chi connectivity index (χ1n) is 7.18. The molecule has 6 heteroatoms. The van der Waals surface area contributed by atoms with Crippen molar-refractivity contribution >= 4 is 16.5 Å². The minimum atomic E-state index is -0.0685. The molecule has 5 nitrogen and oxygen atoms in total. The Morgan fingerprint density at radius 2 is 2.05 bits per heavy atom.